The summed E-state index contributed by atoms with van der Waals surface area (Å²) in [6.45, 7) is 3.05. The number of hydrogen-bond acceptors (Lipinski definition) is 2. The molecule has 1 unspecified atom stereocenters. The quantitative estimate of drug-likeness (QED) is 0.843. The standard InChI is InChI=1S/C15H23NO/c1-12-7-3-6-10-14(12)15(11-16-2)17-13-8-4-5-9-13/h3,6-7,10,13,15-16H,4-5,8-9,11H2,1-2H3. The molecular weight excluding hydrogens is 210 g/mol. The van der Waals surface area contributed by atoms with E-state index in [0.29, 0.717) is 6.10 Å². The fraction of sp³-hybridized carbons (Fsp3) is 0.600. The highest BCUT2D eigenvalue weighted by Gasteiger charge is 2.21. The zero-order valence-corrected chi connectivity index (χ0v) is 10.9. The molecule has 1 N–H and O–H groups in total. The summed E-state index contributed by atoms with van der Waals surface area (Å²) in [7, 11) is 1.99. The van der Waals surface area contributed by atoms with Crippen LogP contribution < -0.4 is 5.32 Å². The second kappa shape index (κ2) is 6.18. The van der Waals surface area contributed by atoms with Gasteiger partial charge in [-0.1, -0.05) is 37.1 Å². The fourth-order valence-corrected chi connectivity index (χ4v) is 2.62. The Morgan fingerprint density at radius 2 is 2.00 bits per heavy atom. The second-order valence-corrected chi connectivity index (χ2v) is 4.95. The van der Waals surface area contributed by atoms with E-state index in [4.69, 9.17) is 4.74 Å². The number of likely N-dealkylation sites (N-methyl/N-ethyl adjacent to an activating group) is 1. The SMILES string of the molecule is CNCC(OC1CCCC1)c1ccccc1C. The second-order valence-electron chi connectivity index (χ2n) is 4.95. The molecule has 0 heterocycles. The first-order chi connectivity index (χ1) is 8.31. The van der Waals surface area contributed by atoms with Crippen molar-refractivity contribution in [1.82, 2.24) is 5.32 Å². The van der Waals surface area contributed by atoms with Crippen LogP contribution in [0.1, 0.15) is 42.9 Å². The first-order valence-corrected chi connectivity index (χ1v) is 6.67. The van der Waals surface area contributed by atoms with Gasteiger partial charge in [-0.15, -0.1) is 0 Å². The average Bonchev–Trinajstić information content (AvgIpc) is 2.82. The predicted octanol–water partition coefficient (Wildman–Crippen LogP) is 3.21. The molecule has 17 heavy (non-hydrogen) atoms. The van der Waals surface area contributed by atoms with Crippen molar-refractivity contribution in [1.29, 1.82) is 0 Å². The molecule has 0 amide bonds. The summed E-state index contributed by atoms with van der Waals surface area (Å²) in [6.07, 6.45) is 5.77. The van der Waals surface area contributed by atoms with E-state index in [9.17, 15) is 0 Å². The summed E-state index contributed by atoms with van der Waals surface area (Å²) in [5.74, 6) is 0. The lowest BCUT2D eigenvalue weighted by Gasteiger charge is -2.23. The Morgan fingerprint density at radius 1 is 1.29 bits per heavy atom. The van der Waals surface area contributed by atoms with Crippen LogP contribution in [0.3, 0.4) is 0 Å². The topological polar surface area (TPSA) is 21.3 Å². The maximum absolute atomic E-state index is 6.26. The van der Waals surface area contributed by atoms with Crippen LogP contribution in [0, 0.1) is 6.92 Å². The Hall–Kier alpha value is -0.860. The Bertz CT molecular complexity index is 345. The van der Waals surface area contributed by atoms with E-state index in [1.807, 2.05) is 7.05 Å². The highest BCUT2D eigenvalue weighted by molar-refractivity contribution is 5.28. The minimum atomic E-state index is 0.198. The molecule has 2 rings (SSSR count). The first kappa shape index (κ1) is 12.6. The zero-order chi connectivity index (χ0) is 12.1. The van der Waals surface area contributed by atoms with Crippen molar-refractivity contribution in [3.63, 3.8) is 0 Å². The van der Waals surface area contributed by atoms with E-state index >= 15 is 0 Å². The number of hydrogen-bond donors (Lipinski definition) is 1. The van der Waals surface area contributed by atoms with E-state index in [1.165, 1.54) is 36.8 Å². The van der Waals surface area contributed by atoms with Gasteiger partial charge in [-0.25, -0.2) is 0 Å². The number of rotatable bonds is 5. The van der Waals surface area contributed by atoms with Gasteiger partial charge in [0, 0.05) is 6.54 Å². The number of benzene rings is 1. The summed E-state index contributed by atoms with van der Waals surface area (Å²) in [5.41, 5.74) is 2.65. The van der Waals surface area contributed by atoms with Gasteiger partial charge < -0.3 is 10.1 Å². The van der Waals surface area contributed by atoms with Crippen LogP contribution in [-0.4, -0.2) is 19.7 Å². The molecule has 0 aliphatic heterocycles. The Labute approximate surface area is 104 Å². The molecule has 1 aromatic rings. The molecule has 1 aromatic carbocycles. The van der Waals surface area contributed by atoms with Gasteiger partial charge in [0.2, 0.25) is 0 Å². The predicted molar refractivity (Wildman–Crippen MR) is 71.2 cm³/mol. The van der Waals surface area contributed by atoms with E-state index in [0.717, 1.165) is 6.54 Å². The van der Waals surface area contributed by atoms with Gasteiger partial charge in [0.05, 0.1) is 12.2 Å². The molecule has 0 radical (unpaired) electrons. The van der Waals surface area contributed by atoms with Crippen molar-refractivity contribution in [2.45, 2.75) is 44.8 Å². The zero-order valence-electron chi connectivity index (χ0n) is 10.9. The molecule has 2 heteroatoms. The summed E-state index contributed by atoms with van der Waals surface area (Å²) in [5, 5.41) is 3.24. The van der Waals surface area contributed by atoms with Crippen molar-refractivity contribution in [3.05, 3.63) is 35.4 Å². The van der Waals surface area contributed by atoms with Crippen LogP contribution in [0.5, 0.6) is 0 Å². The number of ether oxygens (including phenoxy) is 1. The maximum Gasteiger partial charge on any atom is 0.0955 e. The smallest absolute Gasteiger partial charge is 0.0955 e. The molecule has 0 aromatic heterocycles. The lowest BCUT2D eigenvalue weighted by molar-refractivity contribution is -0.00814. The van der Waals surface area contributed by atoms with Crippen molar-refractivity contribution >= 4 is 0 Å². The molecule has 1 aliphatic rings. The summed E-state index contributed by atoms with van der Waals surface area (Å²) < 4.78 is 6.26. The van der Waals surface area contributed by atoms with Gasteiger partial charge in [-0.3, -0.25) is 0 Å². The van der Waals surface area contributed by atoms with Crippen LogP contribution in [0.25, 0.3) is 0 Å². The molecule has 1 atom stereocenters. The van der Waals surface area contributed by atoms with Crippen LogP contribution >= 0.6 is 0 Å². The molecule has 2 nitrogen and oxygen atoms in total. The molecule has 0 saturated heterocycles. The molecular formula is C15H23NO. The van der Waals surface area contributed by atoms with Crippen molar-refractivity contribution in [2.24, 2.45) is 0 Å². The molecule has 1 fully saturated rings. The highest BCUT2D eigenvalue weighted by atomic mass is 16.5. The molecule has 94 valence electrons. The van der Waals surface area contributed by atoms with Crippen molar-refractivity contribution in [2.75, 3.05) is 13.6 Å². The van der Waals surface area contributed by atoms with E-state index in [2.05, 4.69) is 36.5 Å². The van der Waals surface area contributed by atoms with E-state index in [1.54, 1.807) is 0 Å². The fourth-order valence-electron chi connectivity index (χ4n) is 2.62. The van der Waals surface area contributed by atoms with Crippen LogP contribution in [0.4, 0.5) is 0 Å². The number of aryl methyl sites for hydroxylation is 1. The van der Waals surface area contributed by atoms with Gasteiger partial charge >= 0.3 is 0 Å². The Morgan fingerprint density at radius 3 is 2.65 bits per heavy atom. The normalized spacial score (nSPS) is 18.5. The summed E-state index contributed by atoms with van der Waals surface area (Å²) in [6, 6.07) is 8.54. The molecule has 1 saturated carbocycles. The van der Waals surface area contributed by atoms with Crippen molar-refractivity contribution in [3.8, 4) is 0 Å². The third-order valence-corrected chi connectivity index (χ3v) is 3.58. The molecule has 0 spiro atoms. The van der Waals surface area contributed by atoms with Crippen LogP contribution in [-0.2, 0) is 4.74 Å². The molecule has 0 bridgehead atoms. The minimum Gasteiger partial charge on any atom is -0.369 e. The van der Waals surface area contributed by atoms with E-state index in [-0.39, 0.29) is 6.10 Å². The maximum atomic E-state index is 6.26. The highest BCUT2D eigenvalue weighted by Crippen LogP contribution is 2.28. The first-order valence-electron chi connectivity index (χ1n) is 6.67. The third-order valence-electron chi connectivity index (χ3n) is 3.58. The molecule has 1 aliphatic carbocycles. The average molecular weight is 233 g/mol. The third kappa shape index (κ3) is 3.30. The van der Waals surface area contributed by atoms with Gasteiger partial charge in [0.1, 0.15) is 0 Å². The summed E-state index contributed by atoms with van der Waals surface area (Å²) in [4.78, 5) is 0. The van der Waals surface area contributed by atoms with Gasteiger partial charge in [0.15, 0.2) is 0 Å². The van der Waals surface area contributed by atoms with Crippen molar-refractivity contribution < 1.29 is 4.74 Å². The monoisotopic (exact) mass is 233 g/mol. The lowest BCUT2D eigenvalue weighted by Crippen LogP contribution is -2.24. The van der Waals surface area contributed by atoms with Gasteiger partial charge in [0.25, 0.3) is 0 Å². The van der Waals surface area contributed by atoms with Gasteiger partial charge in [-0.05, 0) is 37.9 Å². The largest absolute Gasteiger partial charge is 0.369 e. The Balaban J connectivity index is 2.08. The van der Waals surface area contributed by atoms with Crippen LogP contribution in [0.2, 0.25) is 0 Å². The number of nitrogens with one attached hydrogen (secondary N) is 1. The Kier molecular flexibility index (Phi) is 4.57. The minimum absolute atomic E-state index is 0.198. The lowest BCUT2D eigenvalue weighted by atomic mass is 10.0. The van der Waals surface area contributed by atoms with Gasteiger partial charge in [-0.2, -0.15) is 0 Å². The van der Waals surface area contributed by atoms with Crippen LogP contribution in [0.15, 0.2) is 24.3 Å². The summed E-state index contributed by atoms with van der Waals surface area (Å²) >= 11 is 0. The van der Waals surface area contributed by atoms with E-state index < -0.39 is 0 Å².